The van der Waals surface area contributed by atoms with E-state index in [4.69, 9.17) is 9.52 Å². The topological polar surface area (TPSA) is 77.9 Å². The van der Waals surface area contributed by atoms with Gasteiger partial charge in [0.25, 0.3) is 0 Å². The molecule has 4 rings (SSSR count). The van der Waals surface area contributed by atoms with Crippen LogP contribution in [0.25, 0.3) is 0 Å². The Balaban J connectivity index is 0.00000210. The van der Waals surface area contributed by atoms with Crippen molar-refractivity contribution in [1.82, 2.24) is 24.6 Å². The molecule has 1 aliphatic heterocycles. The van der Waals surface area contributed by atoms with Gasteiger partial charge in [-0.15, -0.1) is 12.4 Å². The van der Waals surface area contributed by atoms with Crippen molar-refractivity contribution >= 4 is 12.4 Å². The van der Waals surface area contributed by atoms with E-state index in [1.54, 1.807) is 13.2 Å². The summed E-state index contributed by atoms with van der Waals surface area (Å²) in [4.78, 5) is 17.3. The van der Waals surface area contributed by atoms with Gasteiger partial charge < -0.3 is 9.73 Å². The first-order valence-electron chi connectivity index (χ1n) is 9.04. The van der Waals surface area contributed by atoms with Crippen LogP contribution < -0.4 is 11.0 Å². The van der Waals surface area contributed by atoms with Gasteiger partial charge >= 0.3 is 5.69 Å². The number of rotatable bonds is 5. The summed E-state index contributed by atoms with van der Waals surface area (Å²) in [6.07, 6.45) is 3.57. The molecule has 0 amide bonds. The Bertz CT molecular complexity index is 925. The average Bonchev–Trinajstić information content (AvgIpc) is 3.21. The zero-order valence-corrected chi connectivity index (χ0v) is 16.1. The van der Waals surface area contributed by atoms with Gasteiger partial charge in [-0.2, -0.15) is 5.10 Å². The second-order valence-corrected chi connectivity index (χ2v) is 6.75. The summed E-state index contributed by atoms with van der Waals surface area (Å²) in [6.45, 7) is 4.58. The second-order valence-electron chi connectivity index (χ2n) is 6.75. The van der Waals surface area contributed by atoms with E-state index >= 15 is 0 Å². The van der Waals surface area contributed by atoms with Gasteiger partial charge in [-0.25, -0.2) is 14.5 Å². The van der Waals surface area contributed by atoms with Crippen LogP contribution in [0.3, 0.4) is 0 Å². The number of hydrogen-bond donors (Lipinski definition) is 1. The monoisotopic (exact) mass is 389 g/mol. The van der Waals surface area contributed by atoms with Crippen molar-refractivity contribution in [3.05, 3.63) is 70.1 Å². The molecule has 0 saturated carbocycles. The van der Waals surface area contributed by atoms with E-state index < -0.39 is 0 Å². The fourth-order valence-electron chi connectivity index (χ4n) is 3.49. The molecule has 0 atom stereocenters. The molecule has 0 radical (unpaired) electrons. The number of halogens is 1. The first-order chi connectivity index (χ1) is 12.7. The number of nitrogens with one attached hydrogen (secondary N) is 1. The first-order valence-corrected chi connectivity index (χ1v) is 9.04. The highest BCUT2D eigenvalue weighted by Crippen LogP contribution is 2.23. The third-order valence-corrected chi connectivity index (χ3v) is 4.82. The Hall–Kier alpha value is -2.38. The summed E-state index contributed by atoms with van der Waals surface area (Å²) < 4.78 is 8.59. The van der Waals surface area contributed by atoms with Crippen LogP contribution in [-0.4, -0.2) is 32.4 Å². The van der Waals surface area contributed by atoms with Crippen LogP contribution in [0.2, 0.25) is 0 Å². The van der Waals surface area contributed by atoms with Crippen LogP contribution in [0, 0.1) is 6.92 Å². The Labute approximate surface area is 163 Å². The molecule has 1 fully saturated rings. The number of piperidine rings is 1. The molecule has 27 heavy (non-hydrogen) atoms. The largest absolute Gasteiger partial charge is 0.449 e. The van der Waals surface area contributed by atoms with Gasteiger partial charge in [0.15, 0.2) is 5.89 Å². The van der Waals surface area contributed by atoms with Crippen molar-refractivity contribution in [2.45, 2.75) is 38.8 Å². The zero-order chi connectivity index (χ0) is 17.9. The summed E-state index contributed by atoms with van der Waals surface area (Å²) in [5.41, 5.74) is 1.72. The fraction of sp³-hybridized carbons (Fsp3) is 0.421. The van der Waals surface area contributed by atoms with E-state index in [9.17, 15) is 4.79 Å². The average molecular weight is 390 g/mol. The first kappa shape index (κ1) is 19.4. The Morgan fingerprint density at radius 3 is 2.59 bits per heavy atom. The standard InChI is InChI=1S/C19H23N5O2.ClH/c1-14-21-17(13-26-14)12-24-19(25)23(11-15-5-3-2-4-6-15)18(22-24)16-7-9-20-10-8-16;/h2-6,13,16,20H,7-12H2,1H3;1H. The van der Waals surface area contributed by atoms with Crippen LogP contribution in [-0.2, 0) is 13.1 Å². The maximum Gasteiger partial charge on any atom is 0.346 e. The van der Waals surface area contributed by atoms with Gasteiger partial charge in [0.2, 0.25) is 0 Å². The number of benzene rings is 1. The molecule has 7 nitrogen and oxygen atoms in total. The predicted octanol–water partition coefficient (Wildman–Crippen LogP) is 2.33. The number of nitrogens with zero attached hydrogens (tertiary/aromatic N) is 4. The van der Waals surface area contributed by atoms with E-state index in [1.807, 2.05) is 34.9 Å². The highest BCUT2D eigenvalue weighted by atomic mass is 35.5. The third kappa shape index (κ3) is 4.31. The van der Waals surface area contributed by atoms with Crippen LogP contribution in [0.5, 0.6) is 0 Å². The molecular formula is C19H24ClN5O2. The lowest BCUT2D eigenvalue weighted by Gasteiger charge is -2.22. The zero-order valence-electron chi connectivity index (χ0n) is 15.3. The highest BCUT2D eigenvalue weighted by Gasteiger charge is 2.24. The lowest BCUT2D eigenvalue weighted by atomic mass is 9.97. The number of aromatic nitrogens is 4. The normalized spacial score (nSPS) is 14.9. The smallest absolute Gasteiger partial charge is 0.346 e. The SMILES string of the molecule is Cc1nc(Cn2nc(C3CCNCC3)n(Cc3ccccc3)c2=O)co1.Cl. The molecule has 0 aliphatic carbocycles. The van der Waals surface area contributed by atoms with E-state index in [0.717, 1.165) is 37.3 Å². The lowest BCUT2D eigenvalue weighted by Crippen LogP contribution is -2.30. The van der Waals surface area contributed by atoms with E-state index in [1.165, 1.54) is 4.68 Å². The van der Waals surface area contributed by atoms with Crippen LogP contribution in [0.4, 0.5) is 0 Å². The third-order valence-electron chi connectivity index (χ3n) is 4.82. The number of hydrogen-bond acceptors (Lipinski definition) is 5. The molecule has 1 saturated heterocycles. The summed E-state index contributed by atoms with van der Waals surface area (Å²) in [5.74, 6) is 1.77. The molecule has 1 aromatic carbocycles. The van der Waals surface area contributed by atoms with Crippen LogP contribution in [0.1, 0.15) is 41.7 Å². The number of oxazole rings is 1. The molecule has 1 N–H and O–H groups in total. The molecule has 0 spiro atoms. The van der Waals surface area contributed by atoms with Crippen molar-refractivity contribution in [1.29, 1.82) is 0 Å². The molecule has 1 aliphatic rings. The van der Waals surface area contributed by atoms with Gasteiger partial charge in [0, 0.05) is 12.8 Å². The molecule has 2 aromatic heterocycles. The van der Waals surface area contributed by atoms with Crippen LogP contribution >= 0.6 is 12.4 Å². The van der Waals surface area contributed by atoms with Gasteiger partial charge in [-0.05, 0) is 31.5 Å². The Kier molecular flexibility index (Phi) is 6.13. The minimum atomic E-state index is -0.0944. The Morgan fingerprint density at radius 2 is 1.93 bits per heavy atom. The molecule has 8 heteroatoms. The van der Waals surface area contributed by atoms with E-state index in [2.05, 4.69) is 10.3 Å². The van der Waals surface area contributed by atoms with Gasteiger partial charge in [-0.3, -0.25) is 4.57 Å². The van der Waals surface area contributed by atoms with Crippen molar-refractivity contribution in [3.63, 3.8) is 0 Å². The van der Waals surface area contributed by atoms with Crippen LogP contribution in [0.15, 0.2) is 45.8 Å². The van der Waals surface area contributed by atoms with Gasteiger partial charge in [0.1, 0.15) is 17.8 Å². The Morgan fingerprint density at radius 1 is 1.19 bits per heavy atom. The molecule has 0 bridgehead atoms. The molecule has 3 aromatic rings. The summed E-state index contributed by atoms with van der Waals surface area (Å²) in [5, 5.41) is 8.07. The molecular weight excluding hydrogens is 366 g/mol. The minimum Gasteiger partial charge on any atom is -0.449 e. The quantitative estimate of drug-likeness (QED) is 0.724. The van der Waals surface area contributed by atoms with Crippen molar-refractivity contribution in [3.8, 4) is 0 Å². The van der Waals surface area contributed by atoms with Gasteiger partial charge in [0.05, 0.1) is 13.1 Å². The van der Waals surface area contributed by atoms with E-state index in [0.29, 0.717) is 30.6 Å². The maximum atomic E-state index is 13.0. The summed E-state index contributed by atoms with van der Waals surface area (Å²) in [6, 6.07) is 10.0. The second kappa shape index (κ2) is 8.54. The van der Waals surface area contributed by atoms with Gasteiger partial charge in [-0.1, -0.05) is 30.3 Å². The molecule has 0 unspecified atom stereocenters. The summed E-state index contributed by atoms with van der Waals surface area (Å²) in [7, 11) is 0. The van der Waals surface area contributed by atoms with Crippen molar-refractivity contribution < 1.29 is 4.42 Å². The van der Waals surface area contributed by atoms with Crippen molar-refractivity contribution in [2.24, 2.45) is 0 Å². The maximum absolute atomic E-state index is 13.0. The fourth-order valence-corrected chi connectivity index (χ4v) is 3.49. The summed E-state index contributed by atoms with van der Waals surface area (Å²) >= 11 is 0. The lowest BCUT2D eigenvalue weighted by molar-refractivity contribution is 0.430. The van der Waals surface area contributed by atoms with Crippen molar-refractivity contribution in [2.75, 3.05) is 13.1 Å². The number of aryl methyl sites for hydroxylation is 1. The predicted molar refractivity (Wildman–Crippen MR) is 104 cm³/mol. The van der Waals surface area contributed by atoms with E-state index in [-0.39, 0.29) is 18.1 Å². The molecule has 144 valence electrons. The highest BCUT2D eigenvalue weighted by molar-refractivity contribution is 5.85. The molecule has 3 heterocycles. The minimum absolute atomic E-state index is 0.